The number of nitrogens with zero attached hydrogens (tertiary/aromatic N) is 1. The van der Waals surface area contributed by atoms with Gasteiger partial charge in [-0.1, -0.05) is 150 Å². The molecule has 0 aliphatic heterocycles. The number of rotatable bonds is 40. The standard InChI is InChI=1S/C49H82NO8P/c1-5-7-9-11-13-15-17-19-21-23-24-26-27-29-31-33-35-37-39-41-48(51)55-45-47(46-57-59(53,54)56-44-43-50(3)4)58-49(52)42-40-38-36-34-32-30-28-25-22-20-18-16-14-12-10-8-6-2/h7,9,13,15,19-22,24,26,28-31,34,36,47H,5-6,8,10-12,14,16-18,23,25,27,32-33,35,37-46H2,1-4H3,(H,53,54)/b9-7-,15-13-,21-19-,22-20-,26-24-,30-28-,31-29-,36-34-. The number of carbonyl (C=O) groups is 2. The highest BCUT2D eigenvalue weighted by molar-refractivity contribution is 7.47. The maximum Gasteiger partial charge on any atom is 0.472 e. The van der Waals surface area contributed by atoms with Gasteiger partial charge in [-0.15, -0.1) is 0 Å². The first-order chi connectivity index (χ1) is 28.7. The average Bonchev–Trinajstić information content (AvgIpc) is 3.20. The molecular formula is C49H82NO8P. The first kappa shape index (κ1) is 55.9. The number of ether oxygens (including phenoxy) is 2. The van der Waals surface area contributed by atoms with Gasteiger partial charge in [0.2, 0.25) is 0 Å². The molecule has 0 aromatic heterocycles. The number of allylic oxidation sites excluding steroid dienone is 16. The van der Waals surface area contributed by atoms with E-state index in [4.69, 9.17) is 18.5 Å². The molecule has 0 heterocycles. The molecule has 10 heteroatoms. The minimum atomic E-state index is -4.39. The summed E-state index contributed by atoms with van der Waals surface area (Å²) in [7, 11) is -0.766. The van der Waals surface area contributed by atoms with Crippen LogP contribution in [-0.2, 0) is 32.7 Å². The second kappa shape index (κ2) is 43.0. The van der Waals surface area contributed by atoms with Gasteiger partial charge in [0.15, 0.2) is 6.10 Å². The zero-order valence-electron chi connectivity index (χ0n) is 37.4. The van der Waals surface area contributed by atoms with Crippen LogP contribution >= 0.6 is 7.82 Å². The average molecular weight is 844 g/mol. The van der Waals surface area contributed by atoms with E-state index < -0.39 is 32.5 Å². The summed E-state index contributed by atoms with van der Waals surface area (Å²) in [6, 6.07) is 0. The number of esters is 2. The van der Waals surface area contributed by atoms with Crippen LogP contribution in [0.25, 0.3) is 0 Å². The minimum absolute atomic E-state index is 0.0129. The van der Waals surface area contributed by atoms with Crippen molar-refractivity contribution in [3.63, 3.8) is 0 Å². The number of likely N-dealkylation sites (N-methyl/N-ethyl adjacent to an activating group) is 1. The lowest BCUT2D eigenvalue weighted by atomic mass is 10.1. The van der Waals surface area contributed by atoms with Crippen LogP contribution in [0, 0.1) is 0 Å². The largest absolute Gasteiger partial charge is 0.472 e. The van der Waals surface area contributed by atoms with Gasteiger partial charge in [0.1, 0.15) is 6.61 Å². The van der Waals surface area contributed by atoms with E-state index in [0.29, 0.717) is 25.8 Å². The zero-order chi connectivity index (χ0) is 43.3. The Balaban J connectivity index is 4.44. The summed E-state index contributed by atoms with van der Waals surface area (Å²) >= 11 is 0. The van der Waals surface area contributed by atoms with Gasteiger partial charge in [0, 0.05) is 19.4 Å². The Hall–Kier alpha value is -3.07. The van der Waals surface area contributed by atoms with Gasteiger partial charge in [0.05, 0.1) is 13.2 Å². The van der Waals surface area contributed by atoms with E-state index in [0.717, 1.165) is 70.6 Å². The van der Waals surface area contributed by atoms with Crippen LogP contribution in [0.15, 0.2) is 97.2 Å². The predicted molar refractivity (Wildman–Crippen MR) is 247 cm³/mol. The monoisotopic (exact) mass is 844 g/mol. The smallest absolute Gasteiger partial charge is 0.462 e. The molecule has 0 aromatic rings. The Kier molecular flexibility index (Phi) is 40.8. The lowest BCUT2D eigenvalue weighted by Gasteiger charge is -2.20. The lowest BCUT2D eigenvalue weighted by Crippen LogP contribution is -2.29. The SMILES string of the molecule is CC/C=C\C/C=C\C/C=C\C/C=C\C/C=C\CCCCCC(=O)OCC(COP(=O)(O)OCCN(C)C)OC(=O)CCC/C=C\C/C=C\C/C=C\CCCCCCCC. The second-order valence-electron chi connectivity index (χ2n) is 14.8. The van der Waals surface area contributed by atoms with Crippen LogP contribution in [0.1, 0.15) is 155 Å². The van der Waals surface area contributed by atoms with Crippen molar-refractivity contribution in [1.82, 2.24) is 4.90 Å². The van der Waals surface area contributed by atoms with Crippen molar-refractivity contribution in [2.75, 3.05) is 40.5 Å². The van der Waals surface area contributed by atoms with Gasteiger partial charge in [-0.05, 0) is 104 Å². The molecule has 0 radical (unpaired) electrons. The summed E-state index contributed by atoms with van der Waals surface area (Å²) in [5.41, 5.74) is 0. The van der Waals surface area contributed by atoms with Crippen LogP contribution < -0.4 is 0 Å². The molecule has 0 rings (SSSR count). The number of hydrogen-bond donors (Lipinski definition) is 1. The molecule has 0 amide bonds. The summed E-state index contributed by atoms with van der Waals surface area (Å²) in [4.78, 5) is 37.0. The molecule has 2 unspecified atom stereocenters. The van der Waals surface area contributed by atoms with Gasteiger partial charge in [0.25, 0.3) is 0 Å². The quantitative estimate of drug-likeness (QED) is 0.0279. The van der Waals surface area contributed by atoms with E-state index in [2.05, 4.69) is 105 Å². The van der Waals surface area contributed by atoms with Crippen molar-refractivity contribution >= 4 is 19.8 Å². The number of phosphoric acid groups is 1. The molecule has 0 spiro atoms. The van der Waals surface area contributed by atoms with Gasteiger partial charge in [-0.2, -0.15) is 0 Å². The molecule has 9 nitrogen and oxygen atoms in total. The summed E-state index contributed by atoms with van der Waals surface area (Å²) in [5, 5.41) is 0. The third-order valence-electron chi connectivity index (χ3n) is 8.87. The highest BCUT2D eigenvalue weighted by Crippen LogP contribution is 2.43. The Bertz CT molecular complexity index is 1300. The summed E-state index contributed by atoms with van der Waals surface area (Å²) in [5.74, 6) is -0.911. The number of hydrogen-bond acceptors (Lipinski definition) is 8. The van der Waals surface area contributed by atoms with Crippen molar-refractivity contribution in [3.8, 4) is 0 Å². The van der Waals surface area contributed by atoms with Crippen molar-refractivity contribution < 1.29 is 37.6 Å². The van der Waals surface area contributed by atoms with Crippen LogP contribution in [0.5, 0.6) is 0 Å². The molecule has 0 bridgehead atoms. The first-order valence-electron chi connectivity index (χ1n) is 22.5. The topological polar surface area (TPSA) is 112 Å². The van der Waals surface area contributed by atoms with Crippen LogP contribution in [0.4, 0.5) is 0 Å². The number of carbonyl (C=O) groups excluding carboxylic acids is 2. The Morgan fingerprint density at radius 1 is 0.542 bits per heavy atom. The summed E-state index contributed by atoms with van der Waals surface area (Å²) in [6.45, 7) is 4.08. The van der Waals surface area contributed by atoms with Crippen molar-refractivity contribution in [1.29, 1.82) is 0 Å². The predicted octanol–water partition coefficient (Wildman–Crippen LogP) is 13.2. The fourth-order valence-electron chi connectivity index (χ4n) is 5.43. The third-order valence-corrected chi connectivity index (χ3v) is 9.86. The summed E-state index contributed by atoms with van der Waals surface area (Å²) < 4.78 is 33.4. The molecule has 1 N–H and O–H groups in total. The minimum Gasteiger partial charge on any atom is -0.462 e. The maximum atomic E-state index is 12.6. The maximum absolute atomic E-state index is 12.6. The lowest BCUT2D eigenvalue weighted by molar-refractivity contribution is -0.161. The van der Waals surface area contributed by atoms with Crippen LogP contribution in [0.2, 0.25) is 0 Å². The van der Waals surface area contributed by atoms with Crippen LogP contribution in [-0.4, -0.2) is 68.3 Å². The normalized spacial score (nSPS) is 14.3. The van der Waals surface area contributed by atoms with Crippen molar-refractivity contribution in [2.24, 2.45) is 0 Å². The Labute approximate surface area is 360 Å². The van der Waals surface area contributed by atoms with Gasteiger partial charge in [-0.25, -0.2) is 4.57 Å². The van der Waals surface area contributed by atoms with E-state index in [1.807, 2.05) is 20.2 Å². The van der Waals surface area contributed by atoms with E-state index >= 15 is 0 Å². The molecule has 336 valence electrons. The number of unbranched alkanes of at least 4 members (excludes halogenated alkanes) is 10. The van der Waals surface area contributed by atoms with Gasteiger partial charge in [-0.3, -0.25) is 18.6 Å². The molecular weight excluding hydrogens is 762 g/mol. The highest BCUT2D eigenvalue weighted by Gasteiger charge is 2.26. The third kappa shape index (κ3) is 44.3. The Morgan fingerprint density at radius 2 is 0.983 bits per heavy atom. The molecule has 0 saturated heterocycles. The molecule has 59 heavy (non-hydrogen) atoms. The van der Waals surface area contributed by atoms with Gasteiger partial charge < -0.3 is 19.3 Å². The fourth-order valence-corrected chi connectivity index (χ4v) is 6.18. The highest BCUT2D eigenvalue weighted by atomic mass is 31.2. The molecule has 0 aromatic carbocycles. The first-order valence-corrected chi connectivity index (χ1v) is 24.0. The molecule has 0 saturated carbocycles. The molecule has 0 aliphatic rings. The van der Waals surface area contributed by atoms with Crippen molar-refractivity contribution in [2.45, 2.75) is 161 Å². The fraction of sp³-hybridized carbons (Fsp3) is 0.633. The number of phosphoric ester groups is 1. The molecule has 2 atom stereocenters. The van der Waals surface area contributed by atoms with E-state index in [1.165, 1.54) is 38.5 Å². The Morgan fingerprint density at radius 3 is 1.49 bits per heavy atom. The summed E-state index contributed by atoms with van der Waals surface area (Å²) in [6.07, 6.45) is 54.6. The van der Waals surface area contributed by atoms with E-state index in [1.54, 1.807) is 4.90 Å². The van der Waals surface area contributed by atoms with E-state index in [-0.39, 0.29) is 26.1 Å². The van der Waals surface area contributed by atoms with Crippen LogP contribution in [0.3, 0.4) is 0 Å². The van der Waals surface area contributed by atoms with E-state index in [9.17, 15) is 19.0 Å². The molecule has 0 fully saturated rings. The van der Waals surface area contributed by atoms with Gasteiger partial charge >= 0.3 is 19.8 Å². The second-order valence-corrected chi connectivity index (χ2v) is 16.3. The zero-order valence-corrected chi connectivity index (χ0v) is 38.3. The molecule has 0 aliphatic carbocycles. The van der Waals surface area contributed by atoms with Crippen molar-refractivity contribution in [3.05, 3.63) is 97.2 Å².